The summed E-state index contributed by atoms with van der Waals surface area (Å²) in [5.74, 6) is -0.306. The van der Waals surface area contributed by atoms with E-state index in [1.165, 1.54) is 13.2 Å². The summed E-state index contributed by atoms with van der Waals surface area (Å²) in [6.45, 7) is 1.33. The van der Waals surface area contributed by atoms with Gasteiger partial charge >= 0.3 is 0 Å². The monoisotopic (exact) mass is 138 g/mol. The lowest BCUT2D eigenvalue weighted by molar-refractivity contribution is -0.114. The number of carbonyl (C=O) groups is 1. The second-order valence-corrected chi connectivity index (χ2v) is 4.12. The van der Waals surface area contributed by atoms with Gasteiger partial charge in [-0.3, -0.25) is 13.9 Å². The molecule has 0 aliphatic carbocycles. The van der Waals surface area contributed by atoms with Crippen molar-refractivity contribution in [2.24, 2.45) is 0 Å². The van der Waals surface area contributed by atoms with Crippen molar-refractivity contribution in [2.45, 2.75) is 6.92 Å². The normalized spacial score (nSPS) is 13.5. The van der Waals surface area contributed by atoms with E-state index < -0.39 is 10.6 Å². The summed E-state index contributed by atoms with van der Waals surface area (Å²) >= 11 is 0. The van der Waals surface area contributed by atoms with Crippen LogP contribution in [0.25, 0.3) is 0 Å². The zero-order valence-corrected chi connectivity index (χ0v) is 5.73. The molecular formula is C4H10O3S. The first kappa shape index (κ1) is 7.94. The summed E-state index contributed by atoms with van der Waals surface area (Å²) in [6.07, 6.45) is 1.26. The number of ketones is 1. The minimum absolute atomic E-state index is 0.118. The molecular weight excluding hydrogens is 128 g/mol. The van der Waals surface area contributed by atoms with Gasteiger partial charge in [0.2, 0.25) is 0 Å². The second kappa shape index (κ2) is 2.48. The van der Waals surface area contributed by atoms with Gasteiger partial charge in [-0.05, 0) is 6.92 Å². The summed E-state index contributed by atoms with van der Waals surface area (Å²) in [6, 6.07) is 0. The first-order valence-corrected chi connectivity index (χ1v) is 4.24. The summed E-state index contributed by atoms with van der Waals surface area (Å²) in [5, 5.41) is 0. The van der Waals surface area contributed by atoms with Crippen LogP contribution in [0.1, 0.15) is 6.92 Å². The minimum Gasteiger partial charge on any atom is -0.299 e. The van der Waals surface area contributed by atoms with Gasteiger partial charge in [-0.15, -0.1) is 0 Å². The number of Topliss-reactive ketones (excluding diaryl/α,β-unsaturated/α-hetero) is 1. The molecule has 0 unspecified atom stereocenters. The quantitative estimate of drug-likeness (QED) is 0.597. The molecule has 0 fully saturated rings. The van der Waals surface area contributed by atoms with E-state index in [2.05, 4.69) is 0 Å². The lowest BCUT2D eigenvalue weighted by Crippen LogP contribution is -2.07. The Morgan fingerprint density at radius 2 is 2.00 bits per heavy atom. The van der Waals surface area contributed by atoms with Crippen LogP contribution in [0.15, 0.2) is 0 Å². The van der Waals surface area contributed by atoms with Crippen LogP contribution in [0, 0.1) is 0 Å². The van der Waals surface area contributed by atoms with Crippen molar-refractivity contribution in [3.8, 4) is 0 Å². The second-order valence-electron chi connectivity index (χ2n) is 1.84. The summed E-state index contributed by atoms with van der Waals surface area (Å²) in [7, 11) is -2.57. The SMILES string of the molecule is CC(=O)CS(C)(O)O. The van der Waals surface area contributed by atoms with E-state index in [0.717, 1.165) is 0 Å². The molecule has 0 bridgehead atoms. The third-order valence-electron chi connectivity index (χ3n) is 0.477. The largest absolute Gasteiger partial charge is 0.299 e. The Labute approximate surface area is 50.1 Å². The Kier molecular flexibility index (Phi) is 2.46. The molecule has 0 saturated carbocycles. The van der Waals surface area contributed by atoms with Gasteiger partial charge in [0.25, 0.3) is 0 Å². The summed E-state index contributed by atoms with van der Waals surface area (Å²) in [5.41, 5.74) is 0. The maximum Gasteiger partial charge on any atom is 0.148 e. The van der Waals surface area contributed by atoms with Crippen molar-refractivity contribution in [1.29, 1.82) is 0 Å². The Hall–Kier alpha value is -0.0600. The zero-order chi connectivity index (χ0) is 6.78. The highest BCUT2D eigenvalue weighted by Crippen LogP contribution is 2.32. The van der Waals surface area contributed by atoms with E-state index in [1.54, 1.807) is 0 Å². The Balaban J connectivity index is 3.55. The molecule has 0 aliphatic heterocycles. The van der Waals surface area contributed by atoms with Crippen LogP contribution in [0.3, 0.4) is 0 Å². The third kappa shape index (κ3) is 5.94. The molecule has 0 radical (unpaired) electrons. The molecule has 8 heavy (non-hydrogen) atoms. The fourth-order valence-corrected chi connectivity index (χ4v) is 1.16. The van der Waals surface area contributed by atoms with Crippen LogP contribution in [-0.2, 0) is 4.79 Å². The van der Waals surface area contributed by atoms with Crippen LogP contribution in [0.2, 0.25) is 0 Å². The standard InChI is InChI=1S/C4H10O3S/c1-4(5)3-8(2,6)7/h6-7H,3H2,1-2H3. The third-order valence-corrected chi connectivity index (χ3v) is 1.43. The predicted octanol–water partition coefficient (Wildman–Crippen LogP) is 0.956. The first-order valence-electron chi connectivity index (χ1n) is 2.12. The molecule has 50 valence electrons. The van der Waals surface area contributed by atoms with E-state index in [0.29, 0.717) is 0 Å². The summed E-state index contributed by atoms with van der Waals surface area (Å²) in [4.78, 5) is 10.2. The summed E-state index contributed by atoms with van der Waals surface area (Å²) < 4.78 is 17.2. The number of hydrogen-bond donors (Lipinski definition) is 2. The first-order chi connectivity index (χ1) is 3.42. The highest BCUT2D eigenvalue weighted by Gasteiger charge is 2.05. The van der Waals surface area contributed by atoms with Gasteiger partial charge in [0.05, 0.1) is 5.75 Å². The molecule has 0 spiro atoms. The fourth-order valence-electron chi connectivity index (χ4n) is 0.385. The fraction of sp³-hybridized carbons (Fsp3) is 0.750. The van der Waals surface area contributed by atoms with Crippen molar-refractivity contribution >= 4 is 16.4 Å². The average molecular weight is 138 g/mol. The molecule has 4 heteroatoms. The molecule has 0 atom stereocenters. The van der Waals surface area contributed by atoms with Crippen LogP contribution in [-0.4, -0.2) is 26.9 Å². The van der Waals surface area contributed by atoms with E-state index in [-0.39, 0.29) is 11.5 Å². The number of hydrogen-bond acceptors (Lipinski definition) is 3. The molecule has 0 aromatic carbocycles. The molecule has 0 amide bonds. The maximum absolute atomic E-state index is 10.2. The molecule has 0 aromatic heterocycles. The van der Waals surface area contributed by atoms with E-state index in [9.17, 15) is 4.79 Å². The molecule has 2 N–H and O–H groups in total. The van der Waals surface area contributed by atoms with Gasteiger partial charge in [-0.2, -0.15) is 10.6 Å². The lowest BCUT2D eigenvalue weighted by Gasteiger charge is -2.24. The van der Waals surface area contributed by atoms with E-state index in [4.69, 9.17) is 9.11 Å². The van der Waals surface area contributed by atoms with E-state index >= 15 is 0 Å². The van der Waals surface area contributed by atoms with Crippen molar-refractivity contribution in [2.75, 3.05) is 12.0 Å². The molecule has 0 aromatic rings. The van der Waals surface area contributed by atoms with Gasteiger partial charge in [0.15, 0.2) is 0 Å². The molecule has 0 aliphatic rings. The van der Waals surface area contributed by atoms with Gasteiger partial charge in [-0.25, -0.2) is 0 Å². The number of rotatable bonds is 2. The highest BCUT2D eigenvalue weighted by atomic mass is 32.3. The molecule has 0 rings (SSSR count). The van der Waals surface area contributed by atoms with Crippen molar-refractivity contribution in [3.63, 3.8) is 0 Å². The van der Waals surface area contributed by atoms with Gasteiger partial charge in [0.1, 0.15) is 5.78 Å². The van der Waals surface area contributed by atoms with Crippen LogP contribution in [0.4, 0.5) is 0 Å². The predicted molar refractivity (Wildman–Crippen MR) is 34.3 cm³/mol. The zero-order valence-electron chi connectivity index (χ0n) is 4.92. The molecule has 0 heterocycles. The smallest absolute Gasteiger partial charge is 0.148 e. The Morgan fingerprint density at radius 3 is 2.00 bits per heavy atom. The number of carbonyl (C=O) groups excluding carboxylic acids is 1. The van der Waals surface area contributed by atoms with Crippen molar-refractivity contribution in [3.05, 3.63) is 0 Å². The van der Waals surface area contributed by atoms with Gasteiger partial charge in [-0.1, -0.05) is 0 Å². The van der Waals surface area contributed by atoms with Crippen LogP contribution in [0.5, 0.6) is 0 Å². The Bertz CT molecular complexity index is 93.9. The average Bonchev–Trinajstić information content (AvgIpc) is 1.21. The molecule has 3 nitrogen and oxygen atoms in total. The maximum atomic E-state index is 10.2. The highest BCUT2D eigenvalue weighted by molar-refractivity contribution is 8.24. The van der Waals surface area contributed by atoms with Crippen LogP contribution >= 0.6 is 10.6 Å². The van der Waals surface area contributed by atoms with Crippen molar-refractivity contribution < 1.29 is 13.9 Å². The van der Waals surface area contributed by atoms with Gasteiger partial charge < -0.3 is 0 Å². The lowest BCUT2D eigenvalue weighted by atomic mass is 10.5. The van der Waals surface area contributed by atoms with Gasteiger partial charge in [0, 0.05) is 6.26 Å². The minimum atomic E-state index is -2.57. The van der Waals surface area contributed by atoms with Crippen molar-refractivity contribution in [1.82, 2.24) is 0 Å². The Morgan fingerprint density at radius 1 is 1.62 bits per heavy atom. The van der Waals surface area contributed by atoms with E-state index in [1.807, 2.05) is 0 Å². The topological polar surface area (TPSA) is 57.5 Å². The van der Waals surface area contributed by atoms with Crippen LogP contribution < -0.4 is 0 Å². The molecule has 0 saturated heterocycles.